The Morgan fingerprint density at radius 1 is 1.00 bits per heavy atom. The van der Waals surface area contributed by atoms with Crippen LogP contribution in [0, 0.1) is 0 Å². The predicted molar refractivity (Wildman–Crippen MR) is 45.6 cm³/mol. The van der Waals surface area contributed by atoms with Crippen LogP contribution in [0.4, 0.5) is 0 Å². The molecule has 54 valence electrons. The van der Waals surface area contributed by atoms with Gasteiger partial charge in [-0.1, -0.05) is 0 Å². The Bertz CT molecular complexity index is 192. The lowest BCUT2D eigenvalue weighted by molar-refractivity contribution is 0.924. The third kappa shape index (κ3) is 1.64. The number of hydrogen-bond acceptors (Lipinski definition) is 4. The first kappa shape index (κ1) is 7.88. The Hall–Kier alpha value is -0.220. The molecule has 0 aliphatic rings. The molecule has 1 rings (SSSR count). The Kier molecular flexibility index (Phi) is 3.02. The van der Waals surface area contributed by atoms with E-state index in [1.165, 1.54) is 0 Å². The third-order valence-electron chi connectivity index (χ3n) is 1.02. The molecule has 0 radical (unpaired) electrons. The van der Waals surface area contributed by atoms with Gasteiger partial charge in [-0.15, -0.1) is 23.5 Å². The molecule has 0 aromatic carbocycles. The fourth-order valence-corrected chi connectivity index (χ4v) is 1.88. The highest BCUT2D eigenvalue weighted by molar-refractivity contribution is 8.01. The molecule has 0 amide bonds. The van der Waals surface area contributed by atoms with Gasteiger partial charge in [-0.3, -0.25) is 0 Å². The van der Waals surface area contributed by atoms with E-state index in [4.69, 9.17) is 0 Å². The molecular formula is C6H8N2S2. The lowest BCUT2D eigenvalue weighted by Gasteiger charge is -1.98. The smallest absolute Gasteiger partial charge is 0.128 e. The highest BCUT2D eigenvalue weighted by Crippen LogP contribution is 2.22. The zero-order valence-electron chi connectivity index (χ0n) is 5.87. The molecule has 0 unspecified atom stereocenters. The Labute approximate surface area is 68.8 Å². The van der Waals surface area contributed by atoms with Crippen molar-refractivity contribution in [1.82, 2.24) is 9.97 Å². The summed E-state index contributed by atoms with van der Waals surface area (Å²) in [6, 6.07) is 0. The summed E-state index contributed by atoms with van der Waals surface area (Å²) in [4.78, 5) is 8.30. The van der Waals surface area contributed by atoms with E-state index in [2.05, 4.69) is 9.97 Å². The number of aromatic nitrogens is 2. The molecule has 0 spiro atoms. The Morgan fingerprint density at radius 2 is 1.40 bits per heavy atom. The topological polar surface area (TPSA) is 25.8 Å². The van der Waals surface area contributed by atoms with Crippen molar-refractivity contribution in [2.45, 2.75) is 10.1 Å². The predicted octanol–water partition coefficient (Wildman–Crippen LogP) is 1.92. The summed E-state index contributed by atoms with van der Waals surface area (Å²) in [5.41, 5.74) is 0. The first-order valence-corrected chi connectivity index (χ1v) is 5.22. The average molecular weight is 172 g/mol. The first-order chi connectivity index (χ1) is 4.88. The van der Waals surface area contributed by atoms with Gasteiger partial charge in [-0.05, 0) is 12.5 Å². The van der Waals surface area contributed by atoms with E-state index < -0.39 is 0 Å². The second-order valence-electron chi connectivity index (χ2n) is 1.57. The molecule has 1 heterocycles. The van der Waals surface area contributed by atoms with Gasteiger partial charge in [0.1, 0.15) is 10.1 Å². The second-order valence-corrected chi connectivity index (χ2v) is 3.16. The number of rotatable bonds is 2. The van der Waals surface area contributed by atoms with Crippen molar-refractivity contribution in [3.63, 3.8) is 0 Å². The molecule has 1 aromatic rings. The van der Waals surface area contributed by atoms with Crippen molar-refractivity contribution in [2.75, 3.05) is 12.5 Å². The summed E-state index contributed by atoms with van der Waals surface area (Å²) in [7, 11) is 0. The molecule has 2 nitrogen and oxygen atoms in total. The Balaban J connectivity index is 2.96. The number of thioether (sulfide) groups is 2. The maximum absolute atomic E-state index is 4.15. The van der Waals surface area contributed by atoms with Gasteiger partial charge in [0.05, 0.1) is 0 Å². The van der Waals surface area contributed by atoms with Crippen LogP contribution >= 0.6 is 23.5 Å². The molecule has 0 saturated heterocycles. The van der Waals surface area contributed by atoms with Crippen LogP contribution in [0.3, 0.4) is 0 Å². The maximum Gasteiger partial charge on any atom is 0.128 e. The first-order valence-electron chi connectivity index (χ1n) is 2.77. The van der Waals surface area contributed by atoms with Crippen molar-refractivity contribution in [2.24, 2.45) is 0 Å². The lowest BCUT2D eigenvalue weighted by atomic mass is 10.8. The second kappa shape index (κ2) is 3.83. The van der Waals surface area contributed by atoms with Gasteiger partial charge in [0.15, 0.2) is 0 Å². The number of nitrogens with zero attached hydrogens (tertiary/aromatic N) is 2. The Morgan fingerprint density at radius 3 is 1.70 bits per heavy atom. The van der Waals surface area contributed by atoms with Gasteiger partial charge in [0.25, 0.3) is 0 Å². The molecule has 0 bridgehead atoms. The van der Waals surface area contributed by atoms with E-state index >= 15 is 0 Å². The molecule has 0 aliphatic heterocycles. The van der Waals surface area contributed by atoms with Crippen LogP contribution in [0.2, 0.25) is 0 Å². The van der Waals surface area contributed by atoms with E-state index in [0.717, 1.165) is 10.1 Å². The zero-order valence-corrected chi connectivity index (χ0v) is 7.50. The van der Waals surface area contributed by atoms with Gasteiger partial charge in [-0.2, -0.15) is 0 Å². The van der Waals surface area contributed by atoms with Crippen molar-refractivity contribution in [3.8, 4) is 0 Å². The SMILES string of the molecule is CSc1nccnc1SC. The van der Waals surface area contributed by atoms with Gasteiger partial charge in [-0.25, -0.2) is 9.97 Å². The van der Waals surface area contributed by atoms with E-state index in [0.29, 0.717) is 0 Å². The minimum Gasteiger partial charge on any atom is -0.245 e. The highest BCUT2D eigenvalue weighted by atomic mass is 32.2. The van der Waals surface area contributed by atoms with Gasteiger partial charge >= 0.3 is 0 Å². The number of hydrogen-bond donors (Lipinski definition) is 0. The minimum absolute atomic E-state index is 1.01. The maximum atomic E-state index is 4.15. The molecule has 0 aliphatic carbocycles. The van der Waals surface area contributed by atoms with E-state index in [1.54, 1.807) is 35.9 Å². The molecule has 0 atom stereocenters. The van der Waals surface area contributed by atoms with Crippen molar-refractivity contribution < 1.29 is 0 Å². The summed E-state index contributed by atoms with van der Waals surface area (Å²) in [5.74, 6) is 0. The average Bonchev–Trinajstić information content (AvgIpc) is 2.04. The summed E-state index contributed by atoms with van der Waals surface area (Å²) in [6.07, 6.45) is 7.44. The van der Waals surface area contributed by atoms with E-state index in [-0.39, 0.29) is 0 Å². The highest BCUT2D eigenvalue weighted by Gasteiger charge is 1.99. The fourth-order valence-electron chi connectivity index (χ4n) is 0.593. The summed E-state index contributed by atoms with van der Waals surface area (Å²) < 4.78 is 0. The van der Waals surface area contributed by atoms with Crippen molar-refractivity contribution >= 4 is 23.5 Å². The largest absolute Gasteiger partial charge is 0.245 e. The molecule has 0 fully saturated rings. The molecule has 10 heavy (non-hydrogen) atoms. The van der Waals surface area contributed by atoms with Crippen LogP contribution in [0.1, 0.15) is 0 Å². The van der Waals surface area contributed by atoms with Crippen molar-refractivity contribution in [3.05, 3.63) is 12.4 Å². The fraction of sp³-hybridized carbons (Fsp3) is 0.333. The van der Waals surface area contributed by atoms with E-state index in [9.17, 15) is 0 Å². The molecule has 0 saturated carbocycles. The third-order valence-corrected chi connectivity index (χ3v) is 2.52. The minimum atomic E-state index is 1.01. The molecular weight excluding hydrogens is 164 g/mol. The van der Waals surface area contributed by atoms with Crippen LogP contribution in [0.25, 0.3) is 0 Å². The van der Waals surface area contributed by atoms with Crippen LogP contribution in [-0.2, 0) is 0 Å². The quantitative estimate of drug-likeness (QED) is 0.636. The molecule has 0 N–H and O–H groups in total. The van der Waals surface area contributed by atoms with Gasteiger partial charge in [0, 0.05) is 12.4 Å². The zero-order chi connectivity index (χ0) is 7.40. The van der Waals surface area contributed by atoms with Gasteiger partial charge < -0.3 is 0 Å². The van der Waals surface area contributed by atoms with Crippen LogP contribution in [0.15, 0.2) is 22.4 Å². The summed E-state index contributed by atoms with van der Waals surface area (Å²) >= 11 is 3.25. The molecule has 4 heteroatoms. The van der Waals surface area contributed by atoms with Crippen LogP contribution in [-0.4, -0.2) is 22.5 Å². The molecule has 1 aromatic heterocycles. The van der Waals surface area contributed by atoms with E-state index in [1.807, 2.05) is 12.5 Å². The summed E-state index contributed by atoms with van der Waals surface area (Å²) in [6.45, 7) is 0. The van der Waals surface area contributed by atoms with Crippen molar-refractivity contribution in [1.29, 1.82) is 0 Å². The van der Waals surface area contributed by atoms with Crippen LogP contribution in [0.5, 0.6) is 0 Å². The van der Waals surface area contributed by atoms with Gasteiger partial charge in [0.2, 0.25) is 0 Å². The lowest BCUT2D eigenvalue weighted by Crippen LogP contribution is -1.85. The monoisotopic (exact) mass is 172 g/mol. The summed E-state index contributed by atoms with van der Waals surface area (Å²) in [5, 5.41) is 2.02. The normalized spacial score (nSPS) is 9.80. The van der Waals surface area contributed by atoms with Crippen LogP contribution < -0.4 is 0 Å². The standard InChI is InChI=1S/C6H8N2S2/c1-9-5-6(10-2)8-4-3-7-5/h3-4H,1-2H3.